The van der Waals surface area contributed by atoms with Crippen molar-refractivity contribution in [2.45, 2.75) is 25.8 Å². The summed E-state index contributed by atoms with van der Waals surface area (Å²) in [6.45, 7) is 7.00. The molecule has 1 aliphatic heterocycles. The topological polar surface area (TPSA) is 41.6 Å². The van der Waals surface area contributed by atoms with Crippen LogP contribution < -0.4 is 5.73 Å². The predicted octanol–water partition coefficient (Wildman–Crippen LogP) is 2.64. The minimum atomic E-state index is -0.426. The fourth-order valence-corrected chi connectivity index (χ4v) is 2.91. The zero-order chi connectivity index (χ0) is 13.3. The lowest BCUT2D eigenvalue weighted by molar-refractivity contribution is 0.183. The van der Waals surface area contributed by atoms with Crippen LogP contribution in [0.2, 0.25) is 0 Å². The van der Waals surface area contributed by atoms with Crippen molar-refractivity contribution in [3.05, 3.63) is 24.3 Å². The molecule has 1 heterocycles. The van der Waals surface area contributed by atoms with Crippen molar-refractivity contribution in [1.29, 1.82) is 0 Å². The molecule has 2 aliphatic rings. The second kappa shape index (κ2) is 5.41. The van der Waals surface area contributed by atoms with Gasteiger partial charge < -0.3 is 10.6 Å². The minimum absolute atomic E-state index is 0.268. The molecular formula is C13H19ClFN3. The zero-order valence-electron chi connectivity index (χ0n) is 10.6. The number of fused-ring (bicyclic) bond motifs is 2. The van der Waals surface area contributed by atoms with Crippen LogP contribution in [0.25, 0.3) is 0 Å². The third kappa shape index (κ3) is 2.75. The maximum Gasteiger partial charge on any atom is 0.164 e. The van der Waals surface area contributed by atoms with Crippen LogP contribution in [0.4, 0.5) is 4.39 Å². The van der Waals surface area contributed by atoms with Crippen molar-refractivity contribution < 1.29 is 4.39 Å². The maximum absolute atomic E-state index is 13.8. The molecule has 0 aromatic rings. The largest absolute Gasteiger partial charge is 0.369 e. The Bertz CT molecular complexity index is 387. The van der Waals surface area contributed by atoms with Gasteiger partial charge in [0.05, 0.1) is 11.9 Å². The van der Waals surface area contributed by atoms with Crippen molar-refractivity contribution in [1.82, 2.24) is 4.90 Å². The summed E-state index contributed by atoms with van der Waals surface area (Å²) in [7, 11) is 0. The van der Waals surface area contributed by atoms with Crippen LogP contribution in [0, 0.1) is 11.8 Å². The van der Waals surface area contributed by atoms with E-state index >= 15 is 0 Å². The number of nitrogens with two attached hydrogens (primary N) is 1. The fourth-order valence-electron chi connectivity index (χ4n) is 2.86. The molecule has 0 amide bonds. The number of halogens is 2. The molecule has 2 bridgehead atoms. The van der Waals surface area contributed by atoms with E-state index < -0.39 is 5.83 Å². The van der Waals surface area contributed by atoms with Crippen molar-refractivity contribution >= 4 is 16.8 Å². The molecule has 1 saturated carbocycles. The van der Waals surface area contributed by atoms with Gasteiger partial charge in [0.1, 0.15) is 5.17 Å². The average molecular weight is 272 g/mol. The molecule has 1 saturated heterocycles. The van der Waals surface area contributed by atoms with Gasteiger partial charge in [-0.3, -0.25) is 0 Å². The number of aliphatic imine (C=N–C) groups is 1. The molecule has 0 spiro atoms. The number of piperidine rings is 1. The first-order valence-corrected chi connectivity index (χ1v) is 6.62. The van der Waals surface area contributed by atoms with Crippen LogP contribution in [0.3, 0.4) is 0 Å². The molecule has 3 atom stereocenters. The van der Waals surface area contributed by atoms with E-state index in [2.05, 4.69) is 11.6 Å². The summed E-state index contributed by atoms with van der Waals surface area (Å²) in [5, 5.41) is 0.304. The molecule has 1 aliphatic carbocycles. The molecule has 0 aromatic carbocycles. The molecule has 18 heavy (non-hydrogen) atoms. The number of hydrogen-bond acceptors (Lipinski definition) is 3. The third-order valence-corrected chi connectivity index (χ3v) is 4.02. The summed E-state index contributed by atoms with van der Waals surface area (Å²) in [4.78, 5) is 5.72. The van der Waals surface area contributed by atoms with Crippen LogP contribution in [-0.4, -0.2) is 29.2 Å². The Balaban J connectivity index is 2.03. The summed E-state index contributed by atoms with van der Waals surface area (Å²) in [5.41, 5.74) is 6.51. The van der Waals surface area contributed by atoms with Gasteiger partial charge in [0.15, 0.2) is 5.83 Å². The first-order valence-electron chi connectivity index (χ1n) is 6.24. The Hall–Kier alpha value is -0.870. The molecule has 2 rings (SSSR count). The highest BCUT2D eigenvalue weighted by Gasteiger charge is 2.40. The van der Waals surface area contributed by atoms with E-state index in [-0.39, 0.29) is 6.04 Å². The lowest BCUT2D eigenvalue weighted by atomic mass is 9.93. The standard InChI is InChI=1S/C13H19ClFN3/c1-8(12(15)5-17-9(2)14)18-6-10-3-4-11(7-18)13(10)16/h5,10-11,13H,1,3-4,6-7,16H2,2H3/b12-5+,17-9?/t10-,11+,13?. The molecular weight excluding hydrogens is 253 g/mol. The van der Waals surface area contributed by atoms with Gasteiger partial charge in [-0.25, -0.2) is 9.38 Å². The summed E-state index contributed by atoms with van der Waals surface area (Å²) in [5.74, 6) is 0.503. The smallest absolute Gasteiger partial charge is 0.164 e. The van der Waals surface area contributed by atoms with Gasteiger partial charge in [0.2, 0.25) is 0 Å². The Kier molecular flexibility index (Phi) is 4.07. The Morgan fingerprint density at radius 1 is 1.44 bits per heavy atom. The number of rotatable bonds is 3. The Morgan fingerprint density at radius 2 is 2.00 bits per heavy atom. The monoisotopic (exact) mass is 271 g/mol. The second-order valence-corrected chi connectivity index (χ2v) is 5.68. The van der Waals surface area contributed by atoms with Gasteiger partial charge in [0.25, 0.3) is 0 Å². The molecule has 0 radical (unpaired) electrons. The molecule has 100 valence electrons. The Morgan fingerprint density at radius 3 is 2.50 bits per heavy atom. The number of allylic oxidation sites excluding steroid dienone is 1. The SMILES string of the molecule is C=C(/C(F)=C\N=C(C)Cl)N1C[C@H]2CC[C@@H](C1)C2N. The van der Waals surface area contributed by atoms with Gasteiger partial charge >= 0.3 is 0 Å². The number of nitrogens with zero attached hydrogens (tertiary/aromatic N) is 2. The average Bonchev–Trinajstić information content (AvgIpc) is 2.56. The van der Waals surface area contributed by atoms with E-state index in [0.717, 1.165) is 32.1 Å². The normalized spacial score (nSPS) is 32.9. The van der Waals surface area contributed by atoms with Crippen molar-refractivity contribution in [3.63, 3.8) is 0 Å². The predicted molar refractivity (Wildman–Crippen MR) is 73.1 cm³/mol. The van der Waals surface area contributed by atoms with E-state index in [4.69, 9.17) is 17.3 Å². The van der Waals surface area contributed by atoms with Crippen molar-refractivity contribution in [2.75, 3.05) is 13.1 Å². The van der Waals surface area contributed by atoms with Crippen LogP contribution in [-0.2, 0) is 0 Å². The van der Waals surface area contributed by atoms with E-state index in [1.165, 1.54) is 0 Å². The molecule has 0 aromatic heterocycles. The van der Waals surface area contributed by atoms with Gasteiger partial charge in [0, 0.05) is 19.1 Å². The third-order valence-electron chi connectivity index (χ3n) is 3.92. The fraction of sp³-hybridized carbons (Fsp3) is 0.615. The molecule has 1 unspecified atom stereocenters. The minimum Gasteiger partial charge on any atom is -0.369 e. The van der Waals surface area contributed by atoms with Gasteiger partial charge in [-0.2, -0.15) is 0 Å². The summed E-state index contributed by atoms with van der Waals surface area (Å²) in [6, 6.07) is 0.268. The molecule has 2 N–H and O–H groups in total. The highest BCUT2D eigenvalue weighted by atomic mass is 35.5. The van der Waals surface area contributed by atoms with Gasteiger partial charge in [-0.05, 0) is 31.6 Å². The quantitative estimate of drug-likeness (QED) is 0.633. The molecule has 5 heteroatoms. The van der Waals surface area contributed by atoms with E-state index in [9.17, 15) is 4.39 Å². The summed E-state index contributed by atoms with van der Waals surface area (Å²) < 4.78 is 13.8. The highest BCUT2D eigenvalue weighted by Crippen LogP contribution is 2.37. The van der Waals surface area contributed by atoms with Crippen molar-refractivity contribution in [3.8, 4) is 0 Å². The first kappa shape index (κ1) is 13.6. The second-order valence-electron chi connectivity index (χ2n) is 5.13. The van der Waals surface area contributed by atoms with Crippen LogP contribution in [0.5, 0.6) is 0 Å². The van der Waals surface area contributed by atoms with E-state index in [0.29, 0.717) is 22.7 Å². The lowest BCUT2D eigenvalue weighted by Crippen LogP contribution is -2.48. The lowest BCUT2D eigenvalue weighted by Gasteiger charge is -2.38. The maximum atomic E-state index is 13.8. The number of likely N-dealkylation sites (tertiary alicyclic amines) is 1. The van der Waals surface area contributed by atoms with Crippen LogP contribution in [0.15, 0.2) is 29.3 Å². The highest BCUT2D eigenvalue weighted by molar-refractivity contribution is 6.64. The molecule has 3 nitrogen and oxygen atoms in total. The number of hydrogen-bond donors (Lipinski definition) is 1. The summed E-state index contributed by atoms with van der Waals surface area (Å²) in [6.07, 6.45) is 3.40. The summed E-state index contributed by atoms with van der Waals surface area (Å²) >= 11 is 5.57. The van der Waals surface area contributed by atoms with Crippen LogP contribution in [0.1, 0.15) is 19.8 Å². The van der Waals surface area contributed by atoms with Crippen molar-refractivity contribution in [2.24, 2.45) is 22.6 Å². The first-order chi connectivity index (χ1) is 8.49. The van der Waals surface area contributed by atoms with E-state index in [1.54, 1.807) is 6.92 Å². The molecule has 2 fully saturated rings. The zero-order valence-corrected chi connectivity index (χ0v) is 11.3. The van der Waals surface area contributed by atoms with E-state index in [1.807, 2.05) is 4.90 Å². The Labute approximate surface area is 112 Å². The van der Waals surface area contributed by atoms with Gasteiger partial charge in [-0.15, -0.1) is 0 Å². The van der Waals surface area contributed by atoms with Gasteiger partial charge in [-0.1, -0.05) is 18.2 Å². The van der Waals surface area contributed by atoms with Crippen LogP contribution >= 0.6 is 11.6 Å².